The molecule has 0 bridgehead atoms. The minimum absolute atomic E-state index is 0.00778. The Morgan fingerprint density at radius 2 is 1.76 bits per heavy atom. The van der Waals surface area contributed by atoms with Gasteiger partial charge in [0.25, 0.3) is 5.91 Å². The predicted molar refractivity (Wildman–Crippen MR) is 111 cm³/mol. The summed E-state index contributed by atoms with van der Waals surface area (Å²) in [5.74, 6) is -1.14. The van der Waals surface area contributed by atoms with Gasteiger partial charge < -0.3 is 15.0 Å². The van der Waals surface area contributed by atoms with Gasteiger partial charge in [-0.2, -0.15) is 0 Å². The van der Waals surface area contributed by atoms with Crippen molar-refractivity contribution in [3.8, 4) is 5.75 Å². The molecule has 2 atom stereocenters. The number of carbonyl (C=O) groups is 2. The molecular formula is C23H29FN2O3. The zero-order valence-electron chi connectivity index (χ0n) is 17.4. The largest absolute Gasteiger partial charge is 0.481 e. The Morgan fingerprint density at radius 1 is 1.10 bits per heavy atom. The molecule has 2 aromatic rings. The van der Waals surface area contributed by atoms with E-state index in [9.17, 15) is 14.0 Å². The summed E-state index contributed by atoms with van der Waals surface area (Å²) in [5, 5.41) is 2.91. The Morgan fingerprint density at radius 3 is 2.41 bits per heavy atom. The van der Waals surface area contributed by atoms with Gasteiger partial charge in [-0.05, 0) is 50.5 Å². The highest BCUT2D eigenvalue weighted by Crippen LogP contribution is 2.17. The Labute approximate surface area is 171 Å². The van der Waals surface area contributed by atoms with Crippen LogP contribution in [-0.2, 0) is 16.1 Å². The second kappa shape index (κ2) is 10.6. The Balaban J connectivity index is 2.18. The van der Waals surface area contributed by atoms with Crippen LogP contribution in [0.1, 0.15) is 38.3 Å². The van der Waals surface area contributed by atoms with E-state index >= 15 is 0 Å². The highest BCUT2D eigenvalue weighted by molar-refractivity contribution is 5.88. The number of para-hydroxylation sites is 1. The standard InChI is InChI=1S/C23H29FN2O3/c1-5-17(3)25-23(28)18(4)26(14-19-11-7-6-10-16(19)2)22(27)15-29-21-13-9-8-12-20(21)24/h6-13,17-18H,5,14-15H2,1-4H3,(H,25,28)/t17-,18-/m0/s1. The molecule has 0 aliphatic carbocycles. The lowest BCUT2D eigenvalue weighted by atomic mass is 10.1. The molecule has 5 nitrogen and oxygen atoms in total. The van der Waals surface area contributed by atoms with Gasteiger partial charge in [0.15, 0.2) is 18.2 Å². The molecule has 0 aliphatic heterocycles. The molecule has 29 heavy (non-hydrogen) atoms. The molecule has 0 spiro atoms. The van der Waals surface area contributed by atoms with Crippen molar-refractivity contribution in [3.05, 3.63) is 65.5 Å². The monoisotopic (exact) mass is 400 g/mol. The van der Waals surface area contributed by atoms with Crippen LogP contribution in [0, 0.1) is 12.7 Å². The molecule has 0 unspecified atom stereocenters. The van der Waals surface area contributed by atoms with Gasteiger partial charge in [0, 0.05) is 12.6 Å². The highest BCUT2D eigenvalue weighted by atomic mass is 19.1. The van der Waals surface area contributed by atoms with Crippen LogP contribution in [-0.4, -0.2) is 35.4 Å². The molecule has 2 rings (SSSR count). The van der Waals surface area contributed by atoms with Crippen LogP contribution in [0.25, 0.3) is 0 Å². The third-order valence-electron chi connectivity index (χ3n) is 4.96. The lowest BCUT2D eigenvalue weighted by Crippen LogP contribution is -2.50. The minimum Gasteiger partial charge on any atom is -0.481 e. The highest BCUT2D eigenvalue weighted by Gasteiger charge is 2.27. The molecular weight excluding hydrogens is 371 g/mol. The molecule has 1 N–H and O–H groups in total. The lowest BCUT2D eigenvalue weighted by Gasteiger charge is -2.30. The number of hydrogen-bond donors (Lipinski definition) is 1. The topological polar surface area (TPSA) is 58.6 Å². The second-order valence-corrected chi connectivity index (χ2v) is 7.16. The summed E-state index contributed by atoms with van der Waals surface area (Å²) in [5.41, 5.74) is 1.96. The summed E-state index contributed by atoms with van der Waals surface area (Å²) >= 11 is 0. The summed E-state index contributed by atoms with van der Waals surface area (Å²) in [6.45, 7) is 7.46. The van der Waals surface area contributed by atoms with E-state index < -0.39 is 11.9 Å². The third kappa shape index (κ3) is 6.31. The normalized spacial score (nSPS) is 12.7. The Bertz CT molecular complexity index is 840. The molecule has 0 fully saturated rings. The quantitative estimate of drug-likeness (QED) is 0.696. The molecule has 0 aromatic heterocycles. The van der Waals surface area contributed by atoms with Crippen molar-refractivity contribution in [1.29, 1.82) is 0 Å². The number of hydrogen-bond acceptors (Lipinski definition) is 3. The summed E-state index contributed by atoms with van der Waals surface area (Å²) in [4.78, 5) is 27.1. The number of aryl methyl sites for hydroxylation is 1. The van der Waals surface area contributed by atoms with Crippen LogP contribution >= 0.6 is 0 Å². The lowest BCUT2D eigenvalue weighted by molar-refractivity contribution is -0.142. The van der Waals surface area contributed by atoms with Crippen molar-refractivity contribution >= 4 is 11.8 Å². The van der Waals surface area contributed by atoms with Gasteiger partial charge >= 0.3 is 0 Å². The molecule has 2 aromatic carbocycles. The van der Waals surface area contributed by atoms with Crippen LogP contribution in [0.5, 0.6) is 5.75 Å². The molecule has 0 heterocycles. The van der Waals surface area contributed by atoms with Gasteiger partial charge in [0.1, 0.15) is 6.04 Å². The number of nitrogens with one attached hydrogen (secondary N) is 1. The average Bonchev–Trinajstić information content (AvgIpc) is 2.71. The van der Waals surface area contributed by atoms with E-state index in [1.54, 1.807) is 19.1 Å². The molecule has 6 heteroatoms. The minimum atomic E-state index is -0.694. The van der Waals surface area contributed by atoms with Crippen molar-refractivity contribution in [2.24, 2.45) is 0 Å². The Kier molecular flexibility index (Phi) is 8.19. The first-order chi connectivity index (χ1) is 13.8. The van der Waals surface area contributed by atoms with Crippen molar-refractivity contribution in [2.45, 2.75) is 52.7 Å². The van der Waals surface area contributed by atoms with E-state index in [1.165, 1.54) is 17.0 Å². The zero-order chi connectivity index (χ0) is 21.4. The first-order valence-electron chi connectivity index (χ1n) is 9.85. The van der Waals surface area contributed by atoms with Crippen LogP contribution in [0.15, 0.2) is 48.5 Å². The fourth-order valence-corrected chi connectivity index (χ4v) is 2.80. The van der Waals surface area contributed by atoms with Gasteiger partial charge in [-0.25, -0.2) is 4.39 Å². The number of benzene rings is 2. The van der Waals surface area contributed by atoms with Gasteiger partial charge in [0.2, 0.25) is 5.91 Å². The van der Waals surface area contributed by atoms with Crippen LogP contribution in [0.2, 0.25) is 0 Å². The molecule has 0 radical (unpaired) electrons. The first-order valence-corrected chi connectivity index (χ1v) is 9.85. The summed E-state index contributed by atoms with van der Waals surface area (Å²) in [7, 11) is 0. The van der Waals surface area contributed by atoms with E-state index in [2.05, 4.69) is 5.32 Å². The van der Waals surface area contributed by atoms with E-state index in [-0.39, 0.29) is 36.8 Å². The average molecular weight is 400 g/mol. The van der Waals surface area contributed by atoms with Crippen LogP contribution in [0.3, 0.4) is 0 Å². The fourth-order valence-electron chi connectivity index (χ4n) is 2.80. The number of rotatable bonds is 9. The van der Waals surface area contributed by atoms with Gasteiger partial charge in [-0.15, -0.1) is 0 Å². The number of amides is 2. The summed E-state index contributed by atoms with van der Waals surface area (Å²) < 4.78 is 19.2. The predicted octanol–water partition coefficient (Wildman–Crippen LogP) is 3.84. The van der Waals surface area contributed by atoms with Crippen molar-refractivity contribution in [3.63, 3.8) is 0 Å². The van der Waals surface area contributed by atoms with Crippen molar-refractivity contribution in [1.82, 2.24) is 10.2 Å². The molecule has 2 amide bonds. The maximum Gasteiger partial charge on any atom is 0.261 e. The van der Waals surface area contributed by atoms with Crippen molar-refractivity contribution in [2.75, 3.05) is 6.61 Å². The van der Waals surface area contributed by atoms with Gasteiger partial charge in [0.05, 0.1) is 0 Å². The second-order valence-electron chi connectivity index (χ2n) is 7.16. The maximum atomic E-state index is 13.8. The summed E-state index contributed by atoms with van der Waals surface area (Å²) in [6, 6.07) is 12.9. The number of ether oxygens (including phenoxy) is 1. The van der Waals surface area contributed by atoms with E-state index in [4.69, 9.17) is 4.74 Å². The molecule has 0 saturated carbocycles. The molecule has 156 valence electrons. The number of halogens is 1. The molecule has 0 aliphatic rings. The Hall–Kier alpha value is -2.89. The first kappa shape index (κ1) is 22.4. The molecule has 0 saturated heterocycles. The maximum absolute atomic E-state index is 13.8. The third-order valence-corrected chi connectivity index (χ3v) is 4.96. The van der Waals surface area contributed by atoms with Gasteiger partial charge in [-0.3, -0.25) is 9.59 Å². The van der Waals surface area contributed by atoms with Crippen molar-refractivity contribution < 1.29 is 18.7 Å². The van der Waals surface area contributed by atoms with Crippen LogP contribution < -0.4 is 10.1 Å². The van der Waals surface area contributed by atoms with E-state index in [0.29, 0.717) is 0 Å². The SMILES string of the molecule is CC[C@H](C)NC(=O)[C@H](C)N(Cc1ccccc1C)C(=O)COc1ccccc1F. The van der Waals surface area contributed by atoms with Gasteiger partial charge in [-0.1, -0.05) is 43.3 Å². The smallest absolute Gasteiger partial charge is 0.261 e. The zero-order valence-corrected chi connectivity index (χ0v) is 17.4. The summed E-state index contributed by atoms with van der Waals surface area (Å²) in [6.07, 6.45) is 0.792. The van der Waals surface area contributed by atoms with E-state index in [0.717, 1.165) is 17.5 Å². The van der Waals surface area contributed by atoms with E-state index in [1.807, 2.05) is 45.0 Å². The fraction of sp³-hybridized carbons (Fsp3) is 0.391. The number of nitrogens with zero attached hydrogens (tertiary/aromatic N) is 1. The van der Waals surface area contributed by atoms with Crippen LogP contribution in [0.4, 0.5) is 4.39 Å². The number of carbonyl (C=O) groups excluding carboxylic acids is 2.